The fraction of sp³-hybridized carbons (Fsp3) is 0.625. The Kier molecular flexibility index (Phi) is 13.6. The highest BCUT2D eigenvalue weighted by Crippen LogP contribution is 2.23. The summed E-state index contributed by atoms with van der Waals surface area (Å²) in [7, 11) is 0. The summed E-state index contributed by atoms with van der Waals surface area (Å²) in [5, 5.41) is 0. The second kappa shape index (κ2) is 15.5. The van der Waals surface area contributed by atoms with E-state index in [0.717, 1.165) is 6.42 Å². The highest BCUT2D eigenvalue weighted by atomic mass is 14.1. The Morgan fingerprint density at radius 1 is 0.792 bits per heavy atom. The van der Waals surface area contributed by atoms with E-state index in [-0.39, 0.29) is 0 Å². The molecule has 0 heterocycles. The van der Waals surface area contributed by atoms with Crippen LogP contribution in [-0.4, -0.2) is 0 Å². The number of hydrogen-bond acceptors (Lipinski definition) is 0. The first-order valence-electron chi connectivity index (χ1n) is 10.4. The zero-order valence-electron chi connectivity index (χ0n) is 16.1. The molecule has 0 aliphatic rings. The summed E-state index contributed by atoms with van der Waals surface area (Å²) in [6.45, 7) is 6.21. The van der Waals surface area contributed by atoms with Gasteiger partial charge in [0.2, 0.25) is 0 Å². The van der Waals surface area contributed by atoms with Crippen LogP contribution < -0.4 is 0 Å². The minimum Gasteiger partial charge on any atom is -0.0807 e. The van der Waals surface area contributed by atoms with Gasteiger partial charge in [0.25, 0.3) is 0 Å². The maximum absolute atomic E-state index is 3.93. The molecule has 0 saturated heterocycles. The van der Waals surface area contributed by atoms with E-state index < -0.39 is 0 Å². The number of hydrogen-bond donors (Lipinski definition) is 0. The molecule has 0 amide bonds. The monoisotopic (exact) mass is 327 g/mol. The Balaban J connectivity index is 2.34. The molecule has 1 radical (unpaired) electrons. The zero-order chi connectivity index (χ0) is 17.3. The normalized spacial score (nSPS) is 11.8. The van der Waals surface area contributed by atoms with Crippen LogP contribution in [0.4, 0.5) is 0 Å². The largest absolute Gasteiger partial charge is 0.0807 e. The van der Waals surface area contributed by atoms with Crippen molar-refractivity contribution in [2.45, 2.75) is 96.8 Å². The van der Waals surface area contributed by atoms with Crippen LogP contribution in [0.3, 0.4) is 0 Å². The topological polar surface area (TPSA) is 0 Å². The lowest BCUT2D eigenvalue weighted by Crippen LogP contribution is -1.87. The van der Waals surface area contributed by atoms with Gasteiger partial charge in [-0.1, -0.05) is 114 Å². The van der Waals surface area contributed by atoms with Crippen LogP contribution in [-0.2, 0) is 0 Å². The third-order valence-corrected chi connectivity index (χ3v) is 4.79. The van der Waals surface area contributed by atoms with Crippen LogP contribution in [0.15, 0.2) is 36.4 Å². The van der Waals surface area contributed by atoms with E-state index in [0.29, 0.717) is 0 Å². The Bertz CT molecular complexity index is 401. The van der Waals surface area contributed by atoms with Crippen molar-refractivity contribution in [2.75, 3.05) is 0 Å². The molecule has 0 spiro atoms. The van der Waals surface area contributed by atoms with Crippen LogP contribution in [0, 0.1) is 6.92 Å². The number of benzene rings is 1. The molecule has 0 unspecified atom stereocenters. The van der Waals surface area contributed by atoms with Crippen molar-refractivity contribution in [3.63, 3.8) is 0 Å². The standard InChI is InChI=1S/C24H39/c1-3-5-7-9-11-13-16-20-23(24-21-17-14-18-22-24)19-15-12-10-8-6-4-2/h14,17-18,20-22H,2-13,15-16,19H2,1H3. The lowest BCUT2D eigenvalue weighted by Gasteiger charge is -2.09. The Hall–Kier alpha value is -1.04. The van der Waals surface area contributed by atoms with Crippen molar-refractivity contribution >= 4 is 5.57 Å². The summed E-state index contributed by atoms with van der Waals surface area (Å²) in [6.07, 6.45) is 21.1. The van der Waals surface area contributed by atoms with Crippen molar-refractivity contribution in [3.8, 4) is 0 Å². The molecule has 0 fully saturated rings. The third-order valence-electron chi connectivity index (χ3n) is 4.79. The predicted molar refractivity (Wildman–Crippen MR) is 110 cm³/mol. The van der Waals surface area contributed by atoms with Gasteiger partial charge in [0, 0.05) is 0 Å². The highest BCUT2D eigenvalue weighted by Gasteiger charge is 2.01. The van der Waals surface area contributed by atoms with Crippen LogP contribution >= 0.6 is 0 Å². The SMILES string of the molecule is [CH2]CCCCCCCC(=CCCCCCCCC)c1ccccc1. The Labute approximate surface area is 151 Å². The van der Waals surface area contributed by atoms with Crippen LogP contribution in [0.25, 0.3) is 5.57 Å². The Morgan fingerprint density at radius 3 is 2.12 bits per heavy atom. The molecule has 0 aliphatic carbocycles. The molecule has 1 aromatic carbocycles. The quantitative estimate of drug-likeness (QED) is 0.284. The molecular weight excluding hydrogens is 288 g/mol. The summed E-state index contributed by atoms with van der Waals surface area (Å²) in [4.78, 5) is 0. The fourth-order valence-corrected chi connectivity index (χ4v) is 3.24. The summed E-state index contributed by atoms with van der Waals surface area (Å²) in [5.74, 6) is 0. The first-order valence-corrected chi connectivity index (χ1v) is 10.4. The van der Waals surface area contributed by atoms with E-state index in [1.807, 2.05) is 0 Å². The average Bonchev–Trinajstić information content (AvgIpc) is 2.62. The van der Waals surface area contributed by atoms with Gasteiger partial charge in [0.05, 0.1) is 0 Å². The summed E-state index contributed by atoms with van der Waals surface area (Å²) < 4.78 is 0. The van der Waals surface area contributed by atoms with E-state index in [4.69, 9.17) is 0 Å². The Morgan fingerprint density at radius 2 is 1.42 bits per heavy atom. The van der Waals surface area contributed by atoms with Gasteiger partial charge < -0.3 is 0 Å². The molecule has 1 aromatic rings. The minimum atomic E-state index is 1.09. The van der Waals surface area contributed by atoms with Gasteiger partial charge in [-0.05, 0) is 36.8 Å². The highest BCUT2D eigenvalue weighted by molar-refractivity contribution is 5.65. The second-order valence-electron chi connectivity index (χ2n) is 7.02. The molecule has 0 aromatic heterocycles. The smallest absolute Gasteiger partial charge is 0.0228 e. The third kappa shape index (κ3) is 10.7. The molecule has 0 nitrogen and oxygen atoms in total. The second-order valence-corrected chi connectivity index (χ2v) is 7.02. The minimum absolute atomic E-state index is 1.09. The summed E-state index contributed by atoms with van der Waals surface area (Å²) in [5.41, 5.74) is 3.00. The first-order chi connectivity index (χ1) is 11.9. The maximum atomic E-state index is 3.93. The number of unbranched alkanes of at least 4 members (excludes halogenated alkanes) is 11. The van der Waals surface area contributed by atoms with Gasteiger partial charge in [0.1, 0.15) is 0 Å². The number of rotatable bonds is 15. The van der Waals surface area contributed by atoms with Crippen LogP contribution in [0.5, 0.6) is 0 Å². The zero-order valence-corrected chi connectivity index (χ0v) is 16.1. The molecule has 0 aliphatic heterocycles. The van der Waals surface area contributed by atoms with Crippen molar-refractivity contribution in [1.29, 1.82) is 0 Å². The van der Waals surface area contributed by atoms with Gasteiger partial charge in [0.15, 0.2) is 0 Å². The van der Waals surface area contributed by atoms with Crippen molar-refractivity contribution < 1.29 is 0 Å². The molecule has 135 valence electrons. The predicted octanol–water partition coefficient (Wildman–Crippen LogP) is 8.39. The molecule has 0 N–H and O–H groups in total. The van der Waals surface area contributed by atoms with Gasteiger partial charge in [-0.25, -0.2) is 0 Å². The van der Waals surface area contributed by atoms with Crippen molar-refractivity contribution in [1.82, 2.24) is 0 Å². The summed E-state index contributed by atoms with van der Waals surface area (Å²) >= 11 is 0. The lowest BCUT2D eigenvalue weighted by molar-refractivity contribution is 0.610. The molecule has 24 heavy (non-hydrogen) atoms. The van der Waals surface area contributed by atoms with Gasteiger partial charge in [-0.15, -0.1) is 0 Å². The van der Waals surface area contributed by atoms with E-state index in [1.165, 1.54) is 89.0 Å². The molecule has 0 bridgehead atoms. The van der Waals surface area contributed by atoms with Crippen LogP contribution in [0.1, 0.15) is 102 Å². The molecule has 0 atom stereocenters. The lowest BCUT2D eigenvalue weighted by atomic mass is 9.97. The molecular formula is C24H39. The van der Waals surface area contributed by atoms with Crippen molar-refractivity contribution in [3.05, 3.63) is 48.9 Å². The molecule has 0 heteroatoms. The average molecular weight is 328 g/mol. The first kappa shape index (κ1) is 21.0. The van der Waals surface area contributed by atoms with Gasteiger partial charge in [-0.3, -0.25) is 0 Å². The number of allylic oxidation sites excluding steroid dienone is 2. The molecule has 1 rings (SSSR count). The van der Waals surface area contributed by atoms with Crippen molar-refractivity contribution in [2.24, 2.45) is 0 Å². The van der Waals surface area contributed by atoms with Gasteiger partial charge in [-0.2, -0.15) is 0 Å². The van der Waals surface area contributed by atoms with E-state index in [1.54, 1.807) is 5.57 Å². The van der Waals surface area contributed by atoms with E-state index in [9.17, 15) is 0 Å². The molecule has 0 saturated carbocycles. The van der Waals surface area contributed by atoms with Crippen LogP contribution in [0.2, 0.25) is 0 Å². The van der Waals surface area contributed by atoms with E-state index in [2.05, 4.69) is 50.3 Å². The maximum Gasteiger partial charge on any atom is -0.0228 e. The van der Waals surface area contributed by atoms with Gasteiger partial charge >= 0.3 is 0 Å². The van der Waals surface area contributed by atoms with E-state index >= 15 is 0 Å². The fourth-order valence-electron chi connectivity index (χ4n) is 3.24. The summed E-state index contributed by atoms with van der Waals surface area (Å²) in [6, 6.07) is 11.0.